The Morgan fingerprint density at radius 2 is 2.20 bits per heavy atom. The fourth-order valence-corrected chi connectivity index (χ4v) is 2.82. The number of hydrogen-bond acceptors (Lipinski definition) is 5. The summed E-state index contributed by atoms with van der Waals surface area (Å²) < 4.78 is 26.8. The Morgan fingerprint density at radius 3 is 3.00 bits per heavy atom. The zero-order chi connectivity index (χ0) is 16.5. The van der Waals surface area contributed by atoms with Crippen LogP contribution in [0.15, 0.2) is 36.8 Å². The van der Waals surface area contributed by atoms with Crippen LogP contribution in [0.2, 0.25) is 0 Å². The lowest BCUT2D eigenvalue weighted by atomic mass is 10.2. The first-order chi connectivity index (χ1) is 11.7. The molecule has 25 heavy (non-hydrogen) atoms. The zero-order valence-electron chi connectivity index (χ0n) is 13.7. The minimum Gasteiger partial charge on any atom is -0.486 e. The van der Waals surface area contributed by atoms with Crippen molar-refractivity contribution in [3.63, 3.8) is 0 Å². The maximum atomic E-state index is 13.7. The van der Waals surface area contributed by atoms with Crippen LogP contribution in [-0.4, -0.2) is 33.9 Å². The van der Waals surface area contributed by atoms with Crippen LogP contribution >= 0.6 is 13.5 Å². The third kappa shape index (κ3) is 3.54. The molecule has 2 aromatic heterocycles. The van der Waals surface area contributed by atoms with E-state index in [4.69, 9.17) is 9.47 Å². The summed E-state index contributed by atoms with van der Waals surface area (Å²) in [6.07, 6.45) is 4.15. The summed E-state index contributed by atoms with van der Waals surface area (Å²) >= 11 is 0. The van der Waals surface area contributed by atoms with E-state index in [1.807, 2.05) is 23.9 Å². The summed E-state index contributed by atoms with van der Waals surface area (Å²) in [5.74, 6) is 0.749. The highest BCUT2D eigenvalue weighted by atomic mass is 32.1. The largest absolute Gasteiger partial charge is 0.486 e. The molecule has 0 spiro atoms. The van der Waals surface area contributed by atoms with Gasteiger partial charge in [-0.1, -0.05) is 0 Å². The molecule has 1 fully saturated rings. The third-order valence-corrected chi connectivity index (χ3v) is 4.04. The summed E-state index contributed by atoms with van der Waals surface area (Å²) in [6.45, 7) is 1.18. The van der Waals surface area contributed by atoms with Crippen molar-refractivity contribution in [1.29, 1.82) is 0 Å². The highest BCUT2D eigenvalue weighted by molar-refractivity contribution is 7.59. The van der Waals surface area contributed by atoms with Gasteiger partial charge in [-0.25, -0.2) is 14.4 Å². The minimum atomic E-state index is -0.346. The number of nitrogens with one attached hydrogen (secondary N) is 1. The maximum Gasteiger partial charge on any atom is 0.158 e. The molecule has 1 aromatic carbocycles. The monoisotopic (exact) mass is 362 g/mol. The van der Waals surface area contributed by atoms with Gasteiger partial charge in [0.2, 0.25) is 0 Å². The molecule has 0 radical (unpaired) electrons. The van der Waals surface area contributed by atoms with E-state index < -0.39 is 0 Å². The van der Waals surface area contributed by atoms with Gasteiger partial charge in [0.1, 0.15) is 29.5 Å². The topological polar surface area (TPSA) is 61.2 Å². The number of fused-ring (bicyclic) bond motifs is 1. The first-order valence-electron chi connectivity index (χ1n) is 7.78. The molecular formula is C17H19FN4O2S. The van der Waals surface area contributed by atoms with Gasteiger partial charge in [-0.05, 0) is 18.2 Å². The molecule has 1 atom stereocenters. The van der Waals surface area contributed by atoms with Crippen molar-refractivity contribution in [2.24, 2.45) is 7.05 Å². The average molecular weight is 362 g/mol. The molecule has 0 aliphatic carbocycles. The van der Waals surface area contributed by atoms with Crippen molar-refractivity contribution >= 4 is 36.0 Å². The number of aryl methyl sites for hydroxylation is 1. The molecule has 1 saturated heterocycles. The van der Waals surface area contributed by atoms with Crippen LogP contribution in [-0.2, 0) is 11.8 Å². The van der Waals surface area contributed by atoms with Crippen LogP contribution in [0, 0.1) is 5.82 Å². The Morgan fingerprint density at radius 1 is 1.32 bits per heavy atom. The highest BCUT2D eigenvalue weighted by Gasteiger charge is 2.19. The molecule has 8 heteroatoms. The smallest absolute Gasteiger partial charge is 0.158 e. The first kappa shape index (κ1) is 17.5. The van der Waals surface area contributed by atoms with Gasteiger partial charge in [-0.15, -0.1) is 0 Å². The number of benzene rings is 1. The molecule has 1 N–H and O–H groups in total. The fourth-order valence-electron chi connectivity index (χ4n) is 2.82. The Kier molecular flexibility index (Phi) is 5.10. The molecule has 0 bridgehead atoms. The predicted octanol–water partition coefficient (Wildman–Crippen LogP) is 3.13. The third-order valence-electron chi connectivity index (χ3n) is 4.04. The summed E-state index contributed by atoms with van der Waals surface area (Å²) in [5.41, 5.74) is 2.37. The lowest BCUT2D eigenvalue weighted by Crippen LogP contribution is -2.16. The van der Waals surface area contributed by atoms with E-state index in [1.54, 1.807) is 6.07 Å². The van der Waals surface area contributed by atoms with Crippen LogP contribution in [0.3, 0.4) is 0 Å². The van der Waals surface area contributed by atoms with Gasteiger partial charge in [0.25, 0.3) is 0 Å². The van der Waals surface area contributed by atoms with Crippen molar-refractivity contribution < 1.29 is 13.9 Å². The van der Waals surface area contributed by atoms with E-state index in [9.17, 15) is 4.39 Å². The number of halogens is 1. The fraction of sp³-hybridized carbons (Fsp3) is 0.294. The second-order valence-corrected chi connectivity index (χ2v) is 5.75. The highest BCUT2D eigenvalue weighted by Crippen LogP contribution is 2.32. The van der Waals surface area contributed by atoms with Gasteiger partial charge >= 0.3 is 0 Å². The predicted molar refractivity (Wildman–Crippen MR) is 98.4 cm³/mol. The summed E-state index contributed by atoms with van der Waals surface area (Å²) in [7, 11) is 1.93. The van der Waals surface area contributed by atoms with E-state index in [-0.39, 0.29) is 25.4 Å². The minimum absolute atomic E-state index is 0. The van der Waals surface area contributed by atoms with Gasteiger partial charge in [0.05, 0.1) is 24.4 Å². The Labute approximate surface area is 151 Å². The molecule has 132 valence electrons. The molecule has 6 nitrogen and oxygen atoms in total. The quantitative estimate of drug-likeness (QED) is 0.773. The van der Waals surface area contributed by atoms with Crippen LogP contribution < -0.4 is 10.1 Å². The van der Waals surface area contributed by atoms with Gasteiger partial charge in [-0.2, -0.15) is 13.5 Å². The SMILES string of the molecule is Cn1ccc2ncnc(Nc3ccc(F)cc3O[C@H]3CCOC3)c21.S. The van der Waals surface area contributed by atoms with E-state index in [0.717, 1.165) is 17.5 Å². The Bertz CT molecular complexity index is 880. The number of hydrogen-bond donors (Lipinski definition) is 1. The zero-order valence-corrected chi connectivity index (χ0v) is 14.7. The molecule has 4 rings (SSSR count). The lowest BCUT2D eigenvalue weighted by Gasteiger charge is -2.17. The number of anilines is 2. The van der Waals surface area contributed by atoms with Crippen LogP contribution in [0.5, 0.6) is 5.75 Å². The molecule has 3 heterocycles. The van der Waals surface area contributed by atoms with Gasteiger partial charge in [0, 0.05) is 25.7 Å². The van der Waals surface area contributed by atoms with Crippen LogP contribution in [0.1, 0.15) is 6.42 Å². The van der Waals surface area contributed by atoms with Gasteiger partial charge < -0.3 is 19.4 Å². The lowest BCUT2D eigenvalue weighted by molar-refractivity contribution is 0.141. The molecule has 3 aromatic rings. The number of aromatic nitrogens is 3. The van der Waals surface area contributed by atoms with Crippen molar-refractivity contribution in [1.82, 2.24) is 14.5 Å². The van der Waals surface area contributed by atoms with Crippen molar-refractivity contribution in [3.05, 3.63) is 42.6 Å². The standard InChI is InChI=1S/C17H17FN4O2.H2S/c1-22-6-4-14-16(22)17(20-10-19-14)21-13-3-2-11(18)8-15(13)24-12-5-7-23-9-12;/h2-4,6,8,10,12H,5,7,9H2,1H3,(H,19,20,21);1H2/t12-;/m0./s1. The van der Waals surface area contributed by atoms with Crippen LogP contribution in [0.4, 0.5) is 15.9 Å². The Balaban J connectivity index is 0.00000182. The summed E-state index contributed by atoms with van der Waals surface area (Å²) in [5, 5.41) is 3.24. The molecule has 0 saturated carbocycles. The molecule has 1 aliphatic heterocycles. The maximum absolute atomic E-state index is 13.7. The van der Waals surface area contributed by atoms with E-state index in [2.05, 4.69) is 15.3 Å². The van der Waals surface area contributed by atoms with E-state index in [1.165, 1.54) is 18.5 Å². The van der Waals surface area contributed by atoms with E-state index in [0.29, 0.717) is 30.5 Å². The van der Waals surface area contributed by atoms with Crippen molar-refractivity contribution in [2.45, 2.75) is 12.5 Å². The summed E-state index contributed by atoms with van der Waals surface area (Å²) in [6, 6.07) is 6.34. The number of nitrogens with zero attached hydrogens (tertiary/aromatic N) is 3. The molecule has 0 amide bonds. The van der Waals surface area contributed by atoms with Gasteiger partial charge in [0.15, 0.2) is 5.82 Å². The van der Waals surface area contributed by atoms with Crippen molar-refractivity contribution in [2.75, 3.05) is 18.5 Å². The second-order valence-electron chi connectivity index (χ2n) is 5.75. The number of ether oxygens (including phenoxy) is 2. The number of rotatable bonds is 4. The molecule has 1 aliphatic rings. The van der Waals surface area contributed by atoms with Crippen molar-refractivity contribution in [3.8, 4) is 5.75 Å². The molecule has 0 unspecified atom stereocenters. The van der Waals surface area contributed by atoms with Crippen LogP contribution in [0.25, 0.3) is 11.0 Å². The average Bonchev–Trinajstić information content (AvgIpc) is 3.21. The molecular weight excluding hydrogens is 343 g/mol. The first-order valence-corrected chi connectivity index (χ1v) is 7.78. The normalized spacial score (nSPS) is 16.6. The second kappa shape index (κ2) is 7.28. The summed E-state index contributed by atoms with van der Waals surface area (Å²) in [4.78, 5) is 8.56. The van der Waals surface area contributed by atoms with Gasteiger partial charge in [-0.3, -0.25) is 0 Å². The van der Waals surface area contributed by atoms with E-state index >= 15 is 0 Å². The Hall–Kier alpha value is -2.32.